The number of hydrogen-bond acceptors (Lipinski definition) is 3. The van der Waals surface area contributed by atoms with E-state index in [1.165, 1.54) is 0 Å². The maximum Gasteiger partial charge on any atom is 0.0946 e. The first-order chi connectivity index (χ1) is 3.56. The minimum atomic E-state index is -4.02. The van der Waals surface area contributed by atoms with Gasteiger partial charge in [-0.15, -0.1) is 11.6 Å². The highest BCUT2D eigenvalue weighted by molar-refractivity contribution is 7.85. The second kappa shape index (κ2) is 3.27. The van der Waals surface area contributed by atoms with Gasteiger partial charge in [-0.2, -0.15) is 0 Å². The molecule has 0 fully saturated rings. The Labute approximate surface area is 53.4 Å². The van der Waals surface area contributed by atoms with E-state index < -0.39 is 10.1 Å². The van der Waals surface area contributed by atoms with Crippen molar-refractivity contribution >= 4 is 21.7 Å². The molecule has 0 atom stereocenters. The molecule has 0 bridgehead atoms. The van der Waals surface area contributed by atoms with E-state index in [-0.39, 0.29) is 18.1 Å². The highest BCUT2D eigenvalue weighted by Crippen LogP contribution is 1.89. The smallest absolute Gasteiger partial charge is 0.0946 e. The van der Waals surface area contributed by atoms with Gasteiger partial charge in [-0.05, 0) is 6.42 Å². The molecule has 0 aliphatic carbocycles. The molecular formula is C3H6ClO3S-. The molecule has 0 N–H and O–H groups in total. The van der Waals surface area contributed by atoms with E-state index in [9.17, 15) is 13.0 Å². The summed E-state index contributed by atoms with van der Waals surface area (Å²) < 4.78 is 29.3. The van der Waals surface area contributed by atoms with Gasteiger partial charge in [0.05, 0.1) is 10.1 Å². The van der Waals surface area contributed by atoms with Gasteiger partial charge in [-0.1, -0.05) is 0 Å². The van der Waals surface area contributed by atoms with Gasteiger partial charge >= 0.3 is 0 Å². The van der Waals surface area contributed by atoms with Gasteiger partial charge in [0.2, 0.25) is 0 Å². The Hall–Kier alpha value is 0.200. The summed E-state index contributed by atoms with van der Waals surface area (Å²) in [6, 6.07) is 0. The molecule has 50 valence electrons. The van der Waals surface area contributed by atoms with E-state index in [0.717, 1.165) is 0 Å². The van der Waals surface area contributed by atoms with Crippen LogP contribution in [0.5, 0.6) is 0 Å². The van der Waals surface area contributed by atoms with Crippen LogP contribution in [0.15, 0.2) is 0 Å². The van der Waals surface area contributed by atoms with Crippen LogP contribution in [0.4, 0.5) is 0 Å². The van der Waals surface area contributed by atoms with E-state index >= 15 is 0 Å². The van der Waals surface area contributed by atoms with Crippen molar-refractivity contribution in [3.63, 3.8) is 0 Å². The minimum absolute atomic E-state index is 0.224. The SMILES string of the molecule is O=S(=O)([O-])CCCCl. The maximum atomic E-state index is 9.78. The summed E-state index contributed by atoms with van der Waals surface area (Å²) in [4.78, 5) is 0. The summed E-state index contributed by atoms with van der Waals surface area (Å²) in [6.07, 6.45) is 0.243. The average molecular weight is 158 g/mol. The molecule has 8 heavy (non-hydrogen) atoms. The van der Waals surface area contributed by atoms with Crippen molar-refractivity contribution in [3.8, 4) is 0 Å². The summed E-state index contributed by atoms with van der Waals surface area (Å²) in [6.45, 7) is 0. The highest BCUT2D eigenvalue weighted by Gasteiger charge is 1.91. The fraction of sp³-hybridized carbons (Fsp3) is 1.00. The van der Waals surface area contributed by atoms with Crippen LogP contribution in [0, 0.1) is 0 Å². The third kappa shape index (κ3) is 6.20. The molecule has 0 aromatic rings. The van der Waals surface area contributed by atoms with E-state index in [1.807, 2.05) is 0 Å². The van der Waals surface area contributed by atoms with E-state index in [4.69, 9.17) is 11.6 Å². The molecule has 5 heteroatoms. The number of alkyl halides is 1. The first-order valence-electron chi connectivity index (χ1n) is 2.06. The van der Waals surface area contributed by atoms with Crippen LogP contribution in [-0.2, 0) is 10.1 Å². The molecule has 0 heterocycles. The Kier molecular flexibility index (Phi) is 3.35. The molecule has 0 spiro atoms. The van der Waals surface area contributed by atoms with Crippen LogP contribution in [-0.4, -0.2) is 24.6 Å². The largest absolute Gasteiger partial charge is 0.748 e. The highest BCUT2D eigenvalue weighted by atomic mass is 35.5. The van der Waals surface area contributed by atoms with Gasteiger partial charge in [-0.25, -0.2) is 8.42 Å². The molecule has 0 aromatic carbocycles. The lowest BCUT2D eigenvalue weighted by atomic mass is 10.6. The number of rotatable bonds is 3. The third-order valence-corrected chi connectivity index (χ3v) is 1.58. The summed E-state index contributed by atoms with van der Waals surface area (Å²) >= 11 is 5.10. The molecule has 3 nitrogen and oxygen atoms in total. The molecule has 0 amide bonds. The van der Waals surface area contributed by atoms with Crippen LogP contribution >= 0.6 is 11.6 Å². The lowest BCUT2D eigenvalue weighted by Gasteiger charge is -2.02. The van der Waals surface area contributed by atoms with Crippen molar-refractivity contribution in [2.45, 2.75) is 6.42 Å². The molecule has 0 saturated heterocycles. The first kappa shape index (κ1) is 8.20. The van der Waals surface area contributed by atoms with Gasteiger partial charge in [0.1, 0.15) is 0 Å². The molecular weight excluding hydrogens is 152 g/mol. The van der Waals surface area contributed by atoms with Gasteiger partial charge in [0.25, 0.3) is 0 Å². The van der Waals surface area contributed by atoms with E-state index in [1.54, 1.807) is 0 Å². The van der Waals surface area contributed by atoms with Gasteiger partial charge in [0.15, 0.2) is 0 Å². The van der Waals surface area contributed by atoms with Crippen molar-refractivity contribution in [2.75, 3.05) is 11.6 Å². The van der Waals surface area contributed by atoms with Crippen LogP contribution in [0.3, 0.4) is 0 Å². The Morgan fingerprint density at radius 3 is 2.12 bits per heavy atom. The standard InChI is InChI=1S/C3H7ClO3S/c4-2-1-3-8(5,6)7/h1-3H2,(H,5,6,7)/p-1. The van der Waals surface area contributed by atoms with Crippen molar-refractivity contribution in [2.24, 2.45) is 0 Å². The topological polar surface area (TPSA) is 57.2 Å². The van der Waals surface area contributed by atoms with Crippen LogP contribution in [0.25, 0.3) is 0 Å². The summed E-state index contributed by atoms with van der Waals surface area (Å²) in [5.41, 5.74) is 0. The maximum absolute atomic E-state index is 9.78. The summed E-state index contributed by atoms with van der Waals surface area (Å²) in [5, 5.41) is 0. The van der Waals surface area contributed by atoms with Gasteiger partial charge in [0, 0.05) is 11.6 Å². The quantitative estimate of drug-likeness (QED) is 0.433. The fourth-order valence-electron chi connectivity index (χ4n) is 0.231. The lowest BCUT2D eigenvalue weighted by molar-refractivity contribution is 0.462. The summed E-state index contributed by atoms with van der Waals surface area (Å²) in [5.74, 6) is -0.127. The minimum Gasteiger partial charge on any atom is -0.748 e. The first-order valence-corrected chi connectivity index (χ1v) is 4.17. The fourth-order valence-corrected chi connectivity index (χ4v) is 1.02. The molecule has 0 rings (SSSR count). The Morgan fingerprint density at radius 2 is 2.00 bits per heavy atom. The second-order valence-corrected chi connectivity index (χ2v) is 3.21. The third-order valence-electron chi connectivity index (χ3n) is 0.528. The molecule has 0 unspecified atom stereocenters. The van der Waals surface area contributed by atoms with Crippen molar-refractivity contribution in [3.05, 3.63) is 0 Å². The summed E-state index contributed by atoms with van der Waals surface area (Å²) in [7, 11) is -4.02. The second-order valence-electron chi connectivity index (χ2n) is 1.30. The van der Waals surface area contributed by atoms with E-state index in [2.05, 4.69) is 0 Å². The van der Waals surface area contributed by atoms with Crippen molar-refractivity contribution < 1.29 is 13.0 Å². The van der Waals surface area contributed by atoms with Gasteiger partial charge < -0.3 is 4.55 Å². The molecule has 0 aliphatic heterocycles. The van der Waals surface area contributed by atoms with Crippen molar-refractivity contribution in [1.29, 1.82) is 0 Å². The molecule has 0 radical (unpaired) electrons. The number of hydrogen-bond donors (Lipinski definition) is 0. The van der Waals surface area contributed by atoms with Crippen LogP contribution < -0.4 is 0 Å². The van der Waals surface area contributed by atoms with Gasteiger partial charge in [-0.3, -0.25) is 0 Å². The van der Waals surface area contributed by atoms with Crippen LogP contribution in [0.2, 0.25) is 0 Å². The Morgan fingerprint density at radius 1 is 1.50 bits per heavy atom. The predicted octanol–water partition coefficient (Wildman–Crippen LogP) is 0.161. The average Bonchev–Trinajstić information content (AvgIpc) is 1.59. The predicted molar refractivity (Wildman–Crippen MR) is 29.9 cm³/mol. The monoisotopic (exact) mass is 157 g/mol. The van der Waals surface area contributed by atoms with Crippen LogP contribution in [0.1, 0.15) is 6.42 Å². The molecule has 0 saturated carbocycles. The molecule has 0 aliphatic rings. The number of halogens is 1. The van der Waals surface area contributed by atoms with Crippen molar-refractivity contribution in [1.82, 2.24) is 0 Å². The zero-order valence-corrected chi connectivity index (χ0v) is 5.70. The Balaban J connectivity index is 3.42. The normalized spacial score (nSPS) is 11.8. The zero-order valence-electron chi connectivity index (χ0n) is 4.13. The van der Waals surface area contributed by atoms with E-state index in [0.29, 0.717) is 0 Å². The molecule has 0 aromatic heterocycles. The Bertz CT molecular complexity index is 139. The lowest BCUT2D eigenvalue weighted by Crippen LogP contribution is -2.03. The zero-order chi connectivity index (χ0) is 6.62.